The Hall–Kier alpha value is -1.68. The number of hydrogen-bond donors (Lipinski definition) is 1. The minimum atomic E-state index is -5.95. The molecule has 0 aliphatic rings. The van der Waals surface area contributed by atoms with E-state index in [9.17, 15) is 36.9 Å². The molecule has 1 aromatic carbocycles. The van der Waals surface area contributed by atoms with Gasteiger partial charge in [0.2, 0.25) is 0 Å². The highest BCUT2D eigenvalue weighted by atomic mass is 35.5. The summed E-state index contributed by atoms with van der Waals surface area (Å²) < 4.78 is 78.6. The van der Waals surface area contributed by atoms with Gasteiger partial charge < -0.3 is 17.5 Å². The lowest BCUT2D eigenvalue weighted by atomic mass is 9.92. The van der Waals surface area contributed by atoms with Crippen molar-refractivity contribution < 1.29 is 43.9 Å². The van der Waals surface area contributed by atoms with Crippen molar-refractivity contribution in [1.82, 2.24) is 10.3 Å². The molecule has 1 N–H and O–H groups in total. The second kappa shape index (κ2) is 10.8. The zero-order valence-electron chi connectivity index (χ0n) is 18.0. The van der Waals surface area contributed by atoms with Gasteiger partial charge in [0.05, 0.1) is 18.6 Å². The summed E-state index contributed by atoms with van der Waals surface area (Å²) in [7, 11) is 0. The molecular formula is C20H28ClF6N3O. The Balaban J connectivity index is 0.00000900. The molecule has 0 aromatic heterocycles. The van der Waals surface area contributed by atoms with Crippen molar-refractivity contribution in [3.63, 3.8) is 0 Å². The largest absolute Gasteiger partial charge is 1.00 e. The molecule has 178 valence electrons. The van der Waals surface area contributed by atoms with Crippen molar-refractivity contribution in [3.8, 4) is 0 Å². The van der Waals surface area contributed by atoms with Crippen molar-refractivity contribution in [1.29, 1.82) is 0 Å². The van der Waals surface area contributed by atoms with Crippen LogP contribution in [0.1, 0.15) is 53.0 Å². The number of halogens is 7. The van der Waals surface area contributed by atoms with Gasteiger partial charge >= 0.3 is 18.3 Å². The van der Waals surface area contributed by atoms with Gasteiger partial charge in [-0.05, 0) is 46.2 Å². The Labute approximate surface area is 185 Å². The second-order valence-corrected chi connectivity index (χ2v) is 7.65. The van der Waals surface area contributed by atoms with Crippen LogP contribution in [0.2, 0.25) is 0 Å². The van der Waals surface area contributed by atoms with Crippen molar-refractivity contribution in [2.75, 3.05) is 11.4 Å². The zero-order chi connectivity index (χ0) is 23.5. The molecule has 4 nitrogen and oxygen atoms in total. The summed E-state index contributed by atoms with van der Waals surface area (Å²) in [5, 5.41) is 20.4. The summed E-state index contributed by atoms with van der Waals surface area (Å²) in [6.45, 7) is 9.62. The Morgan fingerprint density at radius 2 is 1.35 bits per heavy atom. The maximum absolute atomic E-state index is 13.1. The first-order valence-electron chi connectivity index (χ1n) is 9.67. The van der Waals surface area contributed by atoms with Crippen LogP contribution in [0.15, 0.2) is 24.3 Å². The molecule has 0 amide bonds. The Kier molecular flexibility index (Phi) is 10.2. The molecule has 0 saturated heterocycles. The maximum atomic E-state index is 13.1. The van der Waals surface area contributed by atoms with Crippen molar-refractivity contribution in [2.45, 2.75) is 77.5 Å². The Morgan fingerprint density at radius 1 is 0.935 bits per heavy atom. The lowest BCUT2D eigenvalue weighted by Crippen LogP contribution is -3.00. The first-order chi connectivity index (χ1) is 13.6. The minimum absolute atomic E-state index is 0. The molecule has 0 bridgehead atoms. The number of guanidine groups is 1. The van der Waals surface area contributed by atoms with Crippen LogP contribution >= 0.6 is 0 Å². The highest BCUT2D eigenvalue weighted by Crippen LogP contribution is 2.50. The van der Waals surface area contributed by atoms with Gasteiger partial charge in [0.25, 0.3) is 5.60 Å². The van der Waals surface area contributed by atoms with E-state index >= 15 is 0 Å². The Bertz CT molecular complexity index is 682. The van der Waals surface area contributed by atoms with E-state index in [1.807, 2.05) is 34.6 Å². The van der Waals surface area contributed by atoms with E-state index in [2.05, 4.69) is 0 Å². The molecule has 0 fully saturated rings. The number of hydrogen-bond acceptors (Lipinski definition) is 1. The topological polar surface area (TPSA) is 49.0 Å². The van der Waals surface area contributed by atoms with Crippen LogP contribution in [0.5, 0.6) is 0 Å². The fraction of sp³-hybridized carbons (Fsp3) is 0.650. The molecule has 0 aliphatic heterocycles. The fourth-order valence-corrected chi connectivity index (χ4v) is 3.23. The number of nitrogens with zero attached hydrogens (tertiary/aromatic N) is 3. The van der Waals surface area contributed by atoms with Gasteiger partial charge in [-0.2, -0.15) is 26.3 Å². The smallest absolute Gasteiger partial charge is 0.433 e. The summed E-state index contributed by atoms with van der Waals surface area (Å²) in [4.78, 5) is 3.12. The molecule has 1 aromatic rings. The highest BCUT2D eigenvalue weighted by molar-refractivity contribution is 5.94. The van der Waals surface area contributed by atoms with Crippen molar-refractivity contribution >= 4 is 11.6 Å². The third-order valence-electron chi connectivity index (χ3n) is 4.74. The Morgan fingerprint density at radius 3 is 1.68 bits per heavy atom. The quantitative estimate of drug-likeness (QED) is 0.372. The van der Waals surface area contributed by atoms with Crippen LogP contribution in [-0.2, 0) is 5.60 Å². The SMILES string of the molecule is CCCCN(C(=[N+])N(C(C)C)C(C)C)c1ccc(C(O)(C(F)(F)F)C(F)(F)F)cc1.[Cl-]. The van der Waals surface area contributed by atoms with Crippen LogP contribution in [-0.4, -0.2) is 46.9 Å². The van der Waals surface area contributed by atoms with E-state index in [0.717, 1.165) is 18.6 Å². The second-order valence-electron chi connectivity index (χ2n) is 7.65. The molecule has 0 unspecified atom stereocenters. The number of anilines is 1. The van der Waals surface area contributed by atoms with Gasteiger partial charge in [-0.3, -0.25) is 4.90 Å². The summed E-state index contributed by atoms with van der Waals surface area (Å²) in [5.74, 6) is -0.150. The first kappa shape index (κ1) is 29.3. The molecule has 1 rings (SSSR count). The lowest BCUT2D eigenvalue weighted by Gasteiger charge is -2.33. The molecule has 31 heavy (non-hydrogen) atoms. The van der Waals surface area contributed by atoms with Crippen molar-refractivity contribution in [2.24, 2.45) is 0 Å². The van der Waals surface area contributed by atoms with Gasteiger partial charge in [-0.25, -0.2) is 4.90 Å². The third kappa shape index (κ3) is 6.19. The number of rotatable bonds is 7. The van der Waals surface area contributed by atoms with Crippen LogP contribution in [0, 0.1) is 0 Å². The number of unbranched alkanes of at least 4 members (excludes halogenated alkanes) is 1. The van der Waals surface area contributed by atoms with Gasteiger partial charge in [0.1, 0.15) is 11.1 Å². The molecule has 0 heterocycles. The average molecular weight is 476 g/mol. The minimum Gasteiger partial charge on any atom is -1.00 e. The van der Waals surface area contributed by atoms with Crippen LogP contribution < -0.4 is 22.7 Å². The molecule has 0 saturated carbocycles. The van der Waals surface area contributed by atoms with E-state index in [0.29, 0.717) is 25.1 Å². The third-order valence-corrected chi connectivity index (χ3v) is 4.74. The van der Waals surface area contributed by atoms with Crippen LogP contribution in [0.3, 0.4) is 0 Å². The molecule has 0 spiro atoms. The monoisotopic (exact) mass is 475 g/mol. The summed E-state index contributed by atoms with van der Waals surface area (Å²) >= 11 is 0. The standard InChI is InChI=1S/C20H28F6N3O.ClH/c1-6-7-12-28(17(27)29(13(2)3)14(4)5)16-10-8-15(9-11-16)18(30,19(21,22)23)20(24,25)26;/h8-11,13-14,30H,6-7,12H2,1-5H3;1H/q+1;/p-1. The highest BCUT2D eigenvalue weighted by Gasteiger charge is 2.71. The molecule has 0 atom stereocenters. The van der Waals surface area contributed by atoms with Crippen molar-refractivity contribution in [3.05, 3.63) is 29.8 Å². The maximum Gasteiger partial charge on any atom is 0.433 e. The molecule has 0 aliphatic carbocycles. The predicted molar refractivity (Wildman–Crippen MR) is 104 cm³/mol. The van der Waals surface area contributed by atoms with Gasteiger partial charge in [0.15, 0.2) is 0 Å². The van der Waals surface area contributed by atoms with Gasteiger partial charge in [0, 0.05) is 5.56 Å². The van der Waals surface area contributed by atoms with E-state index < -0.39 is 23.5 Å². The summed E-state index contributed by atoms with van der Waals surface area (Å²) in [6.07, 6.45) is -10.5. The fourth-order valence-electron chi connectivity index (χ4n) is 3.23. The van der Waals surface area contributed by atoms with E-state index in [1.165, 1.54) is 4.90 Å². The normalized spacial score (nSPS) is 12.7. The average Bonchev–Trinajstić information content (AvgIpc) is 2.59. The molecule has 2 radical (unpaired) electrons. The van der Waals surface area contributed by atoms with E-state index in [1.54, 1.807) is 4.90 Å². The number of aliphatic hydroxyl groups is 1. The van der Waals surface area contributed by atoms with Crippen LogP contribution in [0.4, 0.5) is 32.0 Å². The summed E-state index contributed by atoms with van der Waals surface area (Å²) in [6, 6.07) is 3.02. The van der Waals surface area contributed by atoms with Gasteiger partial charge in [-0.15, -0.1) is 0 Å². The van der Waals surface area contributed by atoms with E-state index in [-0.39, 0.29) is 36.1 Å². The molecule has 11 heteroatoms. The van der Waals surface area contributed by atoms with Gasteiger partial charge in [-0.1, -0.05) is 25.5 Å². The van der Waals surface area contributed by atoms with Crippen LogP contribution in [0.25, 0.3) is 0 Å². The zero-order valence-corrected chi connectivity index (χ0v) is 18.8. The van der Waals surface area contributed by atoms with E-state index in [4.69, 9.17) is 0 Å². The molecular weight excluding hydrogens is 448 g/mol. The predicted octanol–water partition coefficient (Wildman–Crippen LogP) is 1.88. The first-order valence-corrected chi connectivity index (χ1v) is 9.67. The number of alkyl halides is 6. The summed E-state index contributed by atoms with van der Waals surface area (Å²) in [5.41, 5.74) is -6.12. The number of benzene rings is 1. The lowest BCUT2D eigenvalue weighted by molar-refractivity contribution is -0.376.